The Bertz CT molecular complexity index is 886. The number of rotatable bonds is 10. The van der Waals surface area contributed by atoms with Gasteiger partial charge >= 0.3 is 0 Å². The van der Waals surface area contributed by atoms with Gasteiger partial charge in [0.05, 0.1) is 5.56 Å². The minimum Gasteiger partial charge on any atom is -0.486 e. The molecule has 0 spiro atoms. The first-order valence-corrected chi connectivity index (χ1v) is 11.0. The number of hydrogen-bond acceptors (Lipinski definition) is 4. The average molecular weight is 414 g/mol. The Morgan fingerprint density at radius 1 is 1.13 bits per heavy atom. The molecule has 1 aromatic heterocycles. The molecule has 30 heavy (non-hydrogen) atoms. The Kier molecular flexibility index (Phi) is 7.43. The summed E-state index contributed by atoms with van der Waals surface area (Å²) in [6.45, 7) is 7.18. The van der Waals surface area contributed by atoms with Crippen molar-refractivity contribution < 1.29 is 14.3 Å². The molecule has 0 saturated carbocycles. The number of carbonyl (C=O) groups is 1. The summed E-state index contributed by atoms with van der Waals surface area (Å²) in [4.78, 5) is 14.7. The maximum Gasteiger partial charge on any atom is 0.251 e. The van der Waals surface area contributed by atoms with E-state index in [9.17, 15) is 4.79 Å². The van der Waals surface area contributed by atoms with Crippen molar-refractivity contribution >= 4 is 5.91 Å². The van der Waals surface area contributed by atoms with Gasteiger partial charge in [-0.05, 0) is 64.5 Å². The van der Waals surface area contributed by atoms with E-state index >= 15 is 0 Å². The van der Waals surface area contributed by atoms with E-state index < -0.39 is 0 Å². The summed E-state index contributed by atoms with van der Waals surface area (Å²) in [5.74, 6) is 1.10. The van der Waals surface area contributed by atoms with Gasteiger partial charge in [0.2, 0.25) is 0 Å². The SMILES string of the molecule is CCCCCc1c(-c2ccc3c(c2)OCCO3)c(C(N)=O)c(C)n1CCCN(C)C. The molecule has 6 nitrogen and oxygen atoms in total. The second-order valence-electron chi connectivity index (χ2n) is 8.27. The maximum atomic E-state index is 12.5. The lowest BCUT2D eigenvalue weighted by Gasteiger charge is -2.19. The highest BCUT2D eigenvalue weighted by Crippen LogP contribution is 2.39. The Labute approximate surface area is 179 Å². The number of aromatic nitrogens is 1. The number of unbranched alkanes of at least 4 members (excludes halogenated alkanes) is 2. The minimum atomic E-state index is -0.375. The summed E-state index contributed by atoms with van der Waals surface area (Å²) >= 11 is 0. The summed E-state index contributed by atoms with van der Waals surface area (Å²) in [5.41, 5.74) is 10.6. The topological polar surface area (TPSA) is 69.7 Å². The van der Waals surface area contributed by atoms with Gasteiger partial charge in [-0.25, -0.2) is 0 Å². The molecule has 2 heterocycles. The Morgan fingerprint density at radius 2 is 1.87 bits per heavy atom. The van der Waals surface area contributed by atoms with Gasteiger partial charge in [0.1, 0.15) is 13.2 Å². The molecule has 0 unspecified atom stereocenters. The van der Waals surface area contributed by atoms with Crippen molar-refractivity contribution in [3.63, 3.8) is 0 Å². The largest absolute Gasteiger partial charge is 0.486 e. The Balaban J connectivity index is 2.09. The van der Waals surface area contributed by atoms with Crippen molar-refractivity contribution in [2.24, 2.45) is 5.73 Å². The summed E-state index contributed by atoms with van der Waals surface area (Å²) in [7, 11) is 4.17. The van der Waals surface area contributed by atoms with Crippen LogP contribution in [0.2, 0.25) is 0 Å². The lowest BCUT2D eigenvalue weighted by molar-refractivity contribution is 0.1000. The van der Waals surface area contributed by atoms with Crippen LogP contribution in [0.15, 0.2) is 18.2 Å². The fraction of sp³-hybridized carbons (Fsp3) is 0.542. The van der Waals surface area contributed by atoms with Crippen molar-refractivity contribution in [3.8, 4) is 22.6 Å². The fourth-order valence-electron chi connectivity index (χ4n) is 4.26. The third kappa shape index (κ3) is 4.81. The lowest BCUT2D eigenvalue weighted by Crippen LogP contribution is -2.17. The van der Waals surface area contributed by atoms with Crippen LogP contribution in [0.1, 0.15) is 54.4 Å². The summed E-state index contributed by atoms with van der Waals surface area (Å²) in [6.07, 6.45) is 5.34. The highest BCUT2D eigenvalue weighted by atomic mass is 16.6. The quantitative estimate of drug-likeness (QED) is 0.597. The van der Waals surface area contributed by atoms with E-state index in [1.165, 1.54) is 5.69 Å². The van der Waals surface area contributed by atoms with Gasteiger partial charge in [0.15, 0.2) is 11.5 Å². The third-order valence-electron chi connectivity index (χ3n) is 5.71. The maximum absolute atomic E-state index is 12.5. The molecule has 1 aliphatic heterocycles. The van der Waals surface area contributed by atoms with Crippen molar-refractivity contribution in [2.75, 3.05) is 33.9 Å². The number of primary amides is 1. The third-order valence-corrected chi connectivity index (χ3v) is 5.71. The zero-order valence-electron chi connectivity index (χ0n) is 18.8. The second-order valence-corrected chi connectivity index (χ2v) is 8.27. The van der Waals surface area contributed by atoms with E-state index in [0.717, 1.165) is 73.5 Å². The molecule has 1 aliphatic rings. The van der Waals surface area contributed by atoms with Gasteiger partial charge in [-0.2, -0.15) is 0 Å². The molecule has 164 valence electrons. The second kappa shape index (κ2) is 10.0. The van der Waals surface area contributed by atoms with Crippen molar-refractivity contribution in [3.05, 3.63) is 35.2 Å². The lowest BCUT2D eigenvalue weighted by atomic mass is 9.97. The molecule has 6 heteroatoms. The van der Waals surface area contributed by atoms with Crippen LogP contribution < -0.4 is 15.2 Å². The van der Waals surface area contributed by atoms with Crippen molar-refractivity contribution in [1.29, 1.82) is 0 Å². The molecule has 3 rings (SSSR count). The molecular weight excluding hydrogens is 378 g/mol. The first-order valence-electron chi connectivity index (χ1n) is 11.0. The number of amides is 1. The standard InChI is InChI=1S/C24H35N3O3/c1-5-6-7-9-19-23(18-10-11-20-21(16-18)30-15-14-29-20)22(24(25)28)17(2)27(19)13-8-12-26(3)4/h10-11,16H,5-9,12-15H2,1-4H3,(H2,25,28). The number of nitrogens with two attached hydrogens (primary N) is 1. The van der Waals surface area contributed by atoms with Gasteiger partial charge in [0.25, 0.3) is 5.91 Å². The molecular formula is C24H35N3O3. The van der Waals surface area contributed by atoms with E-state index in [0.29, 0.717) is 18.8 Å². The number of carbonyl (C=O) groups excluding carboxylic acids is 1. The van der Waals surface area contributed by atoms with Gasteiger partial charge in [0, 0.05) is 23.5 Å². The number of benzene rings is 1. The van der Waals surface area contributed by atoms with Gasteiger partial charge < -0.3 is 24.7 Å². The van der Waals surface area contributed by atoms with Crippen LogP contribution in [0.5, 0.6) is 11.5 Å². The van der Waals surface area contributed by atoms with E-state index in [-0.39, 0.29) is 5.91 Å². The molecule has 0 fully saturated rings. The van der Waals surface area contributed by atoms with Gasteiger partial charge in [-0.3, -0.25) is 4.79 Å². The Hall–Kier alpha value is -2.47. The minimum absolute atomic E-state index is 0.375. The van der Waals surface area contributed by atoms with Crippen LogP contribution in [-0.2, 0) is 13.0 Å². The van der Waals surface area contributed by atoms with E-state index in [1.54, 1.807) is 0 Å². The van der Waals surface area contributed by atoms with Crippen LogP contribution in [0.4, 0.5) is 0 Å². The average Bonchev–Trinajstić information content (AvgIpc) is 2.99. The predicted octanol–water partition coefficient (Wildman–Crippen LogP) is 4.02. The molecule has 2 aromatic rings. The zero-order chi connectivity index (χ0) is 21.7. The summed E-state index contributed by atoms with van der Waals surface area (Å²) in [6, 6.07) is 5.94. The van der Waals surface area contributed by atoms with Gasteiger partial charge in [-0.1, -0.05) is 25.8 Å². The van der Waals surface area contributed by atoms with Crippen LogP contribution in [0, 0.1) is 6.92 Å². The van der Waals surface area contributed by atoms with Gasteiger partial charge in [-0.15, -0.1) is 0 Å². The molecule has 0 bridgehead atoms. The molecule has 2 N–H and O–H groups in total. The molecule has 0 atom stereocenters. The number of hydrogen-bond donors (Lipinski definition) is 1. The zero-order valence-corrected chi connectivity index (χ0v) is 18.8. The molecule has 1 amide bonds. The van der Waals surface area contributed by atoms with E-state index in [2.05, 4.69) is 30.5 Å². The molecule has 1 aromatic carbocycles. The molecule has 0 saturated heterocycles. The predicted molar refractivity (Wildman–Crippen MR) is 121 cm³/mol. The normalized spacial score (nSPS) is 13.1. The highest BCUT2D eigenvalue weighted by molar-refractivity contribution is 6.02. The molecule has 0 radical (unpaired) electrons. The number of fused-ring (bicyclic) bond motifs is 1. The monoisotopic (exact) mass is 413 g/mol. The first-order chi connectivity index (χ1) is 14.4. The van der Waals surface area contributed by atoms with Crippen LogP contribution in [0.25, 0.3) is 11.1 Å². The number of nitrogens with zero attached hydrogens (tertiary/aromatic N) is 2. The highest BCUT2D eigenvalue weighted by Gasteiger charge is 2.25. The van der Waals surface area contributed by atoms with Crippen LogP contribution in [0.3, 0.4) is 0 Å². The summed E-state index contributed by atoms with van der Waals surface area (Å²) < 4.78 is 13.8. The van der Waals surface area contributed by atoms with Crippen molar-refractivity contribution in [1.82, 2.24) is 9.47 Å². The van der Waals surface area contributed by atoms with Crippen molar-refractivity contribution in [2.45, 2.75) is 52.5 Å². The molecule has 0 aliphatic carbocycles. The first kappa shape index (κ1) is 22.2. The summed E-state index contributed by atoms with van der Waals surface area (Å²) in [5, 5.41) is 0. The van der Waals surface area contributed by atoms with Crippen LogP contribution in [-0.4, -0.2) is 49.2 Å². The van der Waals surface area contributed by atoms with Crippen LogP contribution >= 0.6 is 0 Å². The number of ether oxygens (including phenoxy) is 2. The fourth-order valence-corrected chi connectivity index (χ4v) is 4.26. The van der Waals surface area contributed by atoms with E-state index in [4.69, 9.17) is 15.2 Å². The smallest absolute Gasteiger partial charge is 0.251 e. The Morgan fingerprint density at radius 3 is 2.53 bits per heavy atom. The van der Waals surface area contributed by atoms with E-state index in [1.807, 2.05) is 25.1 Å².